The molecule has 58 valence electrons. The van der Waals surface area contributed by atoms with Gasteiger partial charge in [-0.15, -0.1) is 0 Å². The van der Waals surface area contributed by atoms with Crippen molar-refractivity contribution < 1.29 is 9.90 Å². The molecule has 0 aromatic rings. The fourth-order valence-corrected chi connectivity index (χ4v) is 1.32. The quantitative estimate of drug-likeness (QED) is 0.516. The second kappa shape index (κ2) is 2.98. The Kier molecular flexibility index (Phi) is 2.24. The third-order valence-corrected chi connectivity index (χ3v) is 1.87. The highest BCUT2D eigenvalue weighted by molar-refractivity contribution is 5.80. The van der Waals surface area contributed by atoms with Gasteiger partial charge in [0.25, 0.3) is 0 Å². The predicted molar refractivity (Wildman–Crippen MR) is 36.0 cm³/mol. The van der Waals surface area contributed by atoms with Crippen LogP contribution in [0.4, 0.5) is 0 Å². The lowest BCUT2D eigenvalue weighted by Gasteiger charge is -2.17. The molecule has 0 bridgehead atoms. The van der Waals surface area contributed by atoms with Crippen LogP contribution in [-0.2, 0) is 4.79 Å². The monoisotopic (exact) mass is 144 g/mol. The molecule has 0 aromatic heterocycles. The summed E-state index contributed by atoms with van der Waals surface area (Å²) in [6.07, 6.45) is 1.74. The van der Waals surface area contributed by atoms with E-state index in [0.717, 1.165) is 19.4 Å². The van der Waals surface area contributed by atoms with Gasteiger partial charge >= 0.3 is 0 Å². The molecule has 1 fully saturated rings. The average Bonchev–Trinajstić information content (AvgIpc) is 2.33. The topological polar surface area (TPSA) is 66.6 Å². The lowest BCUT2D eigenvalue weighted by Crippen LogP contribution is -2.40. The van der Waals surface area contributed by atoms with E-state index in [0.29, 0.717) is 0 Å². The van der Waals surface area contributed by atoms with Gasteiger partial charge in [-0.3, -0.25) is 9.69 Å². The van der Waals surface area contributed by atoms with Crippen LogP contribution in [0.3, 0.4) is 0 Å². The average molecular weight is 144 g/mol. The molecular formula is C6H12N2O2. The normalized spacial score (nSPS) is 27.1. The summed E-state index contributed by atoms with van der Waals surface area (Å²) >= 11 is 0. The van der Waals surface area contributed by atoms with Crippen molar-refractivity contribution in [1.82, 2.24) is 4.90 Å². The van der Waals surface area contributed by atoms with Crippen LogP contribution in [0.5, 0.6) is 0 Å². The Balaban J connectivity index is 2.50. The standard InChI is InChI=1S/C6H12N2O2/c7-6(10)5-2-1-3-8(5)4-9/h5,9H,1-4H2,(H2,7,10)/t5-/m1/s1. The van der Waals surface area contributed by atoms with E-state index in [9.17, 15) is 4.79 Å². The minimum absolute atomic E-state index is 0.0619. The number of carbonyl (C=O) groups excluding carboxylic acids is 1. The highest BCUT2D eigenvalue weighted by atomic mass is 16.3. The number of likely N-dealkylation sites (tertiary alicyclic amines) is 1. The van der Waals surface area contributed by atoms with Gasteiger partial charge in [-0.1, -0.05) is 0 Å². The van der Waals surface area contributed by atoms with E-state index in [1.54, 1.807) is 4.90 Å². The van der Waals surface area contributed by atoms with E-state index in [1.807, 2.05) is 0 Å². The molecule has 0 spiro atoms. The van der Waals surface area contributed by atoms with E-state index in [4.69, 9.17) is 10.8 Å². The Morgan fingerprint density at radius 2 is 2.50 bits per heavy atom. The fourth-order valence-electron chi connectivity index (χ4n) is 1.32. The predicted octanol–water partition coefficient (Wildman–Crippen LogP) is -1.11. The van der Waals surface area contributed by atoms with Crippen molar-refractivity contribution >= 4 is 5.91 Å². The molecule has 0 aliphatic carbocycles. The van der Waals surface area contributed by atoms with Gasteiger partial charge in [0, 0.05) is 6.54 Å². The molecule has 1 aliphatic heterocycles. The maximum absolute atomic E-state index is 10.6. The Labute approximate surface area is 59.6 Å². The van der Waals surface area contributed by atoms with Crippen LogP contribution in [0.15, 0.2) is 0 Å². The number of aliphatic hydroxyl groups excluding tert-OH is 1. The van der Waals surface area contributed by atoms with Crippen LogP contribution in [0.2, 0.25) is 0 Å². The SMILES string of the molecule is NC(=O)[C@H]1CCCN1CO. The summed E-state index contributed by atoms with van der Waals surface area (Å²) in [6, 6.07) is -0.231. The number of rotatable bonds is 2. The number of nitrogens with zero attached hydrogens (tertiary/aromatic N) is 1. The van der Waals surface area contributed by atoms with Gasteiger partial charge in [0.2, 0.25) is 5.91 Å². The van der Waals surface area contributed by atoms with E-state index in [2.05, 4.69) is 0 Å². The third-order valence-electron chi connectivity index (χ3n) is 1.87. The van der Waals surface area contributed by atoms with Gasteiger partial charge in [-0.25, -0.2) is 0 Å². The Morgan fingerprint density at radius 1 is 1.80 bits per heavy atom. The molecule has 1 amide bonds. The van der Waals surface area contributed by atoms with E-state index < -0.39 is 0 Å². The molecule has 0 saturated carbocycles. The van der Waals surface area contributed by atoms with Crippen LogP contribution in [-0.4, -0.2) is 35.2 Å². The van der Waals surface area contributed by atoms with Crippen molar-refractivity contribution in [1.29, 1.82) is 0 Å². The van der Waals surface area contributed by atoms with E-state index in [1.165, 1.54) is 0 Å². The zero-order valence-corrected chi connectivity index (χ0v) is 5.79. The second-order valence-electron chi connectivity index (χ2n) is 2.51. The van der Waals surface area contributed by atoms with Crippen LogP contribution < -0.4 is 5.73 Å². The van der Waals surface area contributed by atoms with Crippen LogP contribution in [0, 0.1) is 0 Å². The lowest BCUT2D eigenvalue weighted by molar-refractivity contribution is -0.123. The summed E-state index contributed by atoms with van der Waals surface area (Å²) in [5.41, 5.74) is 5.07. The largest absolute Gasteiger partial charge is 0.381 e. The maximum atomic E-state index is 10.6. The Morgan fingerprint density at radius 3 is 2.90 bits per heavy atom. The van der Waals surface area contributed by atoms with Crippen LogP contribution in [0.25, 0.3) is 0 Å². The molecule has 1 atom stereocenters. The summed E-state index contributed by atoms with van der Waals surface area (Å²) in [5.74, 6) is -0.327. The molecule has 1 saturated heterocycles. The number of hydrogen-bond acceptors (Lipinski definition) is 3. The Bertz CT molecular complexity index is 138. The third kappa shape index (κ3) is 1.27. The maximum Gasteiger partial charge on any atom is 0.234 e. The highest BCUT2D eigenvalue weighted by Gasteiger charge is 2.27. The van der Waals surface area contributed by atoms with Gasteiger partial charge < -0.3 is 10.8 Å². The summed E-state index contributed by atoms with van der Waals surface area (Å²) < 4.78 is 0. The number of amides is 1. The first-order valence-electron chi connectivity index (χ1n) is 3.40. The fraction of sp³-hybridized carbons (Fsp3) is 0.833. The van der Waals surface area contributed by atoms with Crippen molar-refractivity contribution in [2.24, 2.45) is 5.73 Å². The molecule has 0 unspecified atom stereocenters. The molecular weight excluding hydrogens is 132 g/mol. The van der Waals surface area contributed by atoms with Crippen molar-refractivity contribution in [3.05, 3.63) is 0 Å². The minimum Gasteiger partial charge on any atom is -0.381 e. The first-order valence-corrected chi connectivity index (χ1v) is 3.40. The lowest BCUT2D eigenvalue weighted by atomic mass is 10.2. The highest BCUT2D eigenvalue weighted by Crippen LogP contribution is 2.14. The number of nitrogens with two attached hydrogens (primary N) is 1. The van der Waals surface area contributed by atoms with E-state index >= 15 is 0 Å². The van der Waals surface area contributed by atoms with Gasteiger partial charge in [-0.05, 0) is 12.8 Å². The van der Waals surface area contributed by atoms with Gasteiger partial charge in [-0.2, -0.15) is 0 Å². The van der Waals surface area contributed by atoms with Crippen LogP contribution >= 0.6 is 0 Å². The molecule has 4 heteroatoms. The molecule has 3 N–H and O–H groups in total. The van der Waals surface area contributed by atoms with Crippen molar-refractivity contribution in [3.63, 3.8) is 0 Å². The number of hydrogen-bond donors (Lipinski definition) is 2. The van der Waals surface area contributed by atoms with Gasteiger partial charge in [0.1, 0.15) is 0 Å². The zero-order valence-electron chi connectivity index (χ0n) is 5.79. The number of carbonyl (C=O) groups is 1. The van der Waals surface area contributed by atoms with Gasteiger partial charge in [0.05, 0.1) is 12.8 Å². The van der Waals surface area contributed by atoms with E-state index in [-0.39, 0.29) is 18.7 Å². The van der Waals surface area contributed by atoms with Crippen molar-refractivity contribution in [2.45, 2.75) is 18.9 Å². The number of aliphatic hydroxyl groups is 1. The summed E-state index contributed by atoms with van der Waals surface area (Å²) in [6.45, 7) is 0.720. The van der Waals surface area contributed by atoms with Crippen molar-refractivity contribution in [3.8, 4) is 0 Å². The van der Waals surface area contributed by atoms with Gasteiger partial charge in [0.15, 0.2) is 0 Å². The summed E-state index contributed by atoms with van der Waals surface area (Å²) in [4.78, 5) is 12.3. The first kappa shape index (κ1) is 7.50. The van der Waals surface area contributed by atoms with Crippen molar-refractivity contribution in [2.75, 3.05) is 13.3 Å². The minimum atomic E-state index is -0.327. The number of primary amides is 1. The molecule has 1 heterocycles. The molecule has 0 aromatic carbocycles. The summed E-state index contributed by atoms with van der Waals surface area (Å²) in [5, 5.41) is 8.70. The smallest absolute Gasteiger partial charge is 0.234 e. The molecule has 0 radical (unpaired) electrons. The molecule has 1 rings (SSSR count). The van der Waals surface area contributed by atoms with Crippen LogP contribution in [0.1, 0.15) is 12.8 Å². The Hall–Kier alpha value is -0.610. The summed E-state index contributed by atoms with van der Waals surface area (Å²) in [7, 11) is 0. The second-order valence-corrected chi connectivity index (χ2v) is 2.51. The molecule has 4 nitrogen and oxygen atoms in total. The first-order chi connectivity index (χ1) is 4.75. The zero-order chi connectivity index (χ0) is 7.56. The molecule has 10 heavy (non-hydrogen) atoms. The molecule has 1 aliphatic rings.